The minimum atomic E-state index is -0.491. The van der Waals surface area contributed by atoms with Crippen molar-refractivity contribution in [2.45, 2.75) is 13.8 Å². The van der Waals surface area contributed by atoms with Crippen LogP contribution >= 0.6 is 15.9 Å². The summed E-state index contributed by atoms with van der Waals surface area (Å²) in [6.07, 6.45) is 0. The lowest BCUT2D eigenvalue weighted by molar-refractivity contribution is 0.439. The summed E-state index contributed by atoms with van der Waals surface area (Å²) >= 11 is 3.26. The monoisotopic (exact) mass is 337 g/mol. The molecule has 1 heterocycles. The third-order valence-corrected chi connectivity index (χ3v) is 3.17. The van der Waals surface area contributed by atoms with Gasteiger partial charge in [0.1, 0.15) is 11.6 Å². The molecule has 0 unspecified atom stereocenters. The second-order valence-electron chi connectivity index (χ2n) is 4.31. The molecule has 2 rings (SSSR count). The summed E-state index contributed by atoms with van der Waals surface area (Å²) in [6, 6.07) is 6.03. The first-order chi connectivity index (χ1) is 9.38. The number of hydrogen-bond acceptors (Lipinski definition) is 3. The molecular formula is C14H13BrFN3O. The van der Waals surface area contributed by atoms with Gasteiger partial charge in [0.05, 0.1) is 11.3 Å². The van der Waals surface area contributed by atoms with Crippen molar-refractivity contribution in [2.75, 3.05) is 0 Å². The summed E-state index contributed by atoms with van der Waals surface area (Å²) in [5.41, 5.74) is 7.20. The van der Waals surface area contributed by atoms with Crippen LogP contribution in [0.5, 0.6) is 11.5 Å². The molecule has 0 fully saturated rings. The molecule has 20 heavy (non-hydrogen) atoms. The van der Waals surface area contributed by atoms with E-state index in [-0.39, 0.29) is 11.6 Å². The zero-order valence-electron chi connectivity index (χ0n) is 11.0. The molecule has 0 bridgehead atoms. The van der Waals surface area contributed by atoms with Gasteiger partial charge in [0.15, 0.2) is 11.6 Å². The lowest BCUT2D eigenvalue weighted by Gasteiger charge is -2.13. The maximum atomic E-state index is 13.7. The Morgan fingerprint density at radius 1 is 1.30 bits per heavy atom. The number of amidine groups is 1. The van der Waals surface area contributed by atoms with Crippen LogP contribution in [-0.4, -0.2) is 10.8 Å². The summed E-state index contributed by atoms with van der Waals surface area (Å²) in [4.78, 5) is 4.23. The molecule has 0 saturated carbocycles. The highest BCUT2D eigenvalue weighted by Gasteiger charge is 2.15. The fourth-order valence-electron chi connectivity index (χ4n) is 1.87. The van der Waals surface area contributed by atoms with E-state index in [2.05, 4.69) is 20.9 Å². The normalized spacial score (nSPS) is 10.4. The number of halogens is 2. The number of nitrogens with one attached hydrogen (secondary N) is 1. The highest BCUT2D eigenvalue weighted by molar-refractivity contribution is 9.10. The average molecular weight is 338 g/mol. The zero-order valence-corrected chi connectivity index (χ0v) is 12.6. The number of ether oxygens (including phenoxy) is 1. The van der Waals surface area contributed by atoms with E-state index in [1.807, 2.05) is 0 Å². The fraction of sp³-hybridized carbons (Fsp3) is 0.143. The standard InChI is InChI=1S/C14H13BrFN3O/c1-7-5-12(13(14(17)18)8(2)19-7)20-11-6-9(15)3-4-10(11)16/h3-6H,1-2H3,(H3,17,18). The molecule has 0 aliphatic carbocycles. The Balaban J connectivity index is 2.53. The minimum absolute atomic E-state index is 0.0619. The van der Waals surface area contributed by atoms with Crippen molar-refractivity contribution in [3.63, 3.8) is 0 Å². The Morgan fingerprint density at radius 3 is 2.65 bits per heavy atom. The Kier molecular flexibility index (Phi) is 4.04. The molecule has 4 nitrogen and oxygen atoms in total. The van der Waals surface area contributed by atoms with Gasteiger partial charge in [-0.05, 0) is 32.0 Å². The summed E-state index contributed by atoms with van der Waals surface area (Å²) in [7, 11) is 0. The summed E-state index contributed by atoms with van der Waals surface area (Å²) in [5.74, 6) is -0.276. The summed E-state index contributed by atoms with van der Waals surface area (Å²) < 4.78 is 20.0. The Labute approximate surface area is 124 Å². The number of nitrogens with two attached hydrogens (primary N) is 1. The average Bonchev–Trinajstić information content (AvgIpc) is 2.32. The first-order valence-corrected chi connectivity index (χ1v) is 6.63. The van der Waals surface area contributed by atoms with Crippen LogP contribution < -0.4 is 10.5 Å². The van der Waals surface area contributed by atoms with E-state index in [9.17, 15) is 4.39 Å². The smallest absolute Gasteiger partial charge is 0.165 e. The molecule has 1 aromatic heterocycles. The number of pyridine rings is 1. The van der Waals surface area contributed by atoms with Crippen LogP contribution in [0.1, 0.15) is 17.0 Å². The van der Waals surface area contributed by atoms with Gasteiger partial charge in [0.25, 0.3) is 0 Å². The van der Waals surface area contributed by atoms with Gasteiger partial charge in [0, 0.05) is 16.2 Å². The van der Waals surface area contributed by atoms with Gasteiger partial charge in [-0.25, -0.2) is 4.39 Å². The number of nitrogens with zero attached hydrogens (tertiary/aromatic N) is 1. The SMILES string of the molecule is Cc1cc(Oc2cc(Br)ccc2F)c(C(=N)N)c(C)n1. The molecule has 0 spiro atoms. The maximum Gasteiger partial charge on any atom is 0.165 e. The molecule has 0 aliphatic heterocycles. The van der Waals surface area contributed by atoms with Crippen LogP contribution in [-0.2, 0) is 0 Å². The first kappa shape index (κ1) is 14.5. The molecule has 3 N–H and O–H groups in total. The van der Waals surface area contributed by atoms with Crippen molar-refractivity contribution in [3.8, 4) is 11.5 Å². The second-order valence-corrected chi connectivity index (χ2v) is 5.23. The molecule has 2 aromatic rings. The number of aromatic nitrogens is 1. The van der Waals surface area contributed by atoms with Gasteiger partial charge in [-0.3, -0.25) is 10.4 Å². The van der Waals surface area contributed by atoms with E-state index >= 15 is 0 Å². The van der Waals surface area contributed by atoms with E-state index in [0.29, 0.717) is 27.2 Å². The van der Waals surface area contributed by atoms with Crippen LogP contribution in [0, 0.1) is 25.1 Å². The van der Waals surface area contributed by atoms with E-state index in [4.69, 9.17) is 15.9 Å². The largest absolute Gasteiger partial charge is 0.453 e. The van der Waals surface area contributed by atoms with Gasteiger partial charge in [-0.15, -0.1) is 0 Å². The third-order valence-electron chi connectivity index (χ3n) is 2.67. The Hall–Kier alpha value is -1.95. The van der Waals surface area contributed by atoms with Crippen LogP contribution in [0.15, 0.2) is 28.7 Å². The van der Waals surface area contributed by atoms with E-state index in [1.165, 1.54) is 12.1 Å². The molecular weight excluding hydrogens is 325 g/mol. The van der Waals surface area contributed by atoms with Crippen molar-refractivity contribution in [1.29, 1.82) is 5.41 Å². The predicted molar refractivity (Wildman–Crippen MR) is 78.9 cm³/mol. The minimum Gasteiger partial charge on any atom is -0.453 e. The molecule has 0 radical (unpaired) electrons. The van der Waals surface area contributed by atoms with Crippen LogP contribution in [0.3, 0.4) is 0 Å². The van der Waals surface area contributed by atoms with Gasteiger partial charge in [-0.1, -0.05) is 15.9 Å². The number of aryl methyl sites for hydroxylation is 2. The lowest BCUT2D eigenvalue weighted by Crippen LogP contribution is -2.15. The van der Waals surface area contributed by atoms with Gasteiger partial charge < -0.3 is 10.5 Å². The van der Waals surface area contributed by atoms with Crippen LogP contribution in [0.2, 0.25) is 0 Å². The Bertz CT molecular complexity index is 688. The van der Waals surface area contributed by atoms with Crippen molar-refractivity contribution in [2.24, 2.45) is 5.73 Å². The summed E-state index contributed by atoms with van der Waals surface area (Å²) in [6.45, 7) is 3.52. The molecule has 0 atom stereocenters. The Morgan fingerprint density at radius 2 is 2.00 bits per heavy atom. The third kappa shape index (κ3) is 2.96. The molecule has 104 valence electrons. The van der Waals surface area contributed by atoms with Gasteiger partial charge in [-0.2, -0.15) is 0 Å². The maximum absolute atomic E-state index is 13.7. The second kappa shape index (κ2) is 5.58. The number of hydrogen-bond donors (Lipinski definition) is 2. The zero-order chi connectivity index (χ0) is 14.9. The topological polar surface area (TPSA) is 72.0 Å². The first-order valence-electron chi connectivity index (χ1n) is 5.84. The summed E-state index contributed by atoms with van der Waals surface area (Å²) in [5, 5.41) is 7.60. The predicted octanol–water partition coefficient (Wildman–Crippen LogP) is 3.68. The lowest BCUT2D eigenvalue weighted by atomic mass is 10.1. The van der Waals surface area contributed by atoms with Gasteiger partial charge in [0.2, 0.25) is 0 Å². The highest BCUT2D eigenvalue weighted by Crippen LogP contribution is 2.31. The van der Waals surface area contributed by atoms with E-state index in [1.54, 1.807) is 26.0 Å². The van der Waals surface area contributed by atoms with E-state index in [0.717, 1.165) is 0 Å². The van der Waals surface area contributed by atoms with Crippen molar-refractivity contribution >= 4 is 21.8 Å². The highest BCUT2D eigenvalue weighted by atomic mass is 79.9. The quantitative estimate of drug-likeness (QED) is 0.662. The van der Waals surface area contributed by atoms with E-state index < -0.39 is 5.82 Å². The van der Waals surface area contributed by atoms with Crippen molar-refractivity contribution < 1.29 is 9.13 Å². The molecule has 0 amide bonds. The number of benzene rings is 1. The molecule has 0 saturated heterocycles. The van der Waals surface area contributed by atoms with Crippen molar-refractivity contribution in [3.05, 3.63) is 51.5 Å². The van der Waals surface area contributed by atoms with Crippen molar-refractivity contribution in [1.82, 2.24) is 4.98 Å². The molecule has 1 aromatic carbocycles. The number of nitrogen functional groups attached to an aromatic ring is 1. The molecule has 6 heteroatoms. The number of rotatable bonds is 3. The van der Waals surface area contributed by atoms with Crippen LogP contribution in [0.25, 0.3) is 0 Å². The van der Waals surface area contributed by atoms with Crippen LogP contribution in [0.4, 0.5) is 4.39 Å². The molecule has 0 aliphatic rings. The fourth-order valence-corrected chi connectivity index (χ4v) is 2.21. The van der Waals surface area contributed by atoms with Gasteiger partial charge >= 0.3 is 0 Å².